The Balaban J connectivity index is 1.90. The van der Waals surface area contributed by atoms with E-state index in [0.29, 0.717) is 18.8 Å². The fourth-order valence-electron chi connectivity index (χ4n) is 1.93. The predicted octanol–water partition coefficient (Wildman–Crippen LogP) is 0.241. The van der Waals surface area contributed by atoms with Crippen molar-refractivity contribution in [3.8, 4) is 0 Å². The van der Waals surface area contributed by atoms with Crippen molar-refractivity contribution < 1.29 is 9.53 Å². The number of aromatic nitrogens is 3. The van der Waals surface area contributed by atoms with E-state index in [2.05, 4.69) is 15.6 Å². The number of benzene rings is 1. The summed E-state index contributed by atoms with van der Waals surface area (Å²) < 4.78 is 6.49. The van der Waals surface area contributed by atoms with Gasteiger partial charge in [-0.15, -0.1) is 5.10 Å². The van der Waals surface area contributed by atoms with Crippen LogP contribution in [0.15, 0.2) is 36.5 Å². The number of carbonyl (C=O) groups is 1. The third kappa shape index (κ3) is 4.37. The van der Waals surface area contributed by atoms with Crippen molar-refractivity contribution in [2.24, 2.45) is 5.73 Å². The Kier molecular flexibility index (Phi) is 5.42. The zero-order chi connectivity index (χ0) is 15.1. The summed E-state index contributed by atoms with van der Waals surface area (Å²) in [6.07, 6.45) is 1.55. The van der Waals surface area contributed by atoms with E-state index < -0.39 is 0 Å². The average molecular weight is 289 g/mol. The molecule has 3 N–H and O–H groups in total. The predicted molar refractivity (Wildman–Crippen MR) is 77.1 cm³/mol. The summed E-state index contributed by atoms with van der Waals surface area (Å²) in [7, 11) is 1.57. The Morgan fingerprint density at radius 2 is 2.19 bits per heavy atom. The highest BCUT2D eigenvalue weighted by Crippen LogP contribution is 2.08. The van der Waals surface area contributed by atoms with E-state index in [1.165, 1.54) is 4.68 Å². The van der Waals surface area contributed by atoms with Gasteiger partial charge in [0.25, 0.3) is 0 Å². The second-order valence-electron chi connectivity index (χ2n) is 4.64. The molecule has 1 aromatic carbocycles. The van der Waals surface area contributed by atoms with Gasteiger partial charge in [0.1, 0.15) is 6.54 Å². The van der Waals surface area contributed by atoms with Gasteiger partial charge in [-0.25, -0.2) is 4.68 Å². The number of rotatable bonds is 7. The van der Waals surface area contributed by atoms with Crippen LogP contribution in [0.2, 0.25) is 0 Å². The first-order chi connectivity index (χ1) is 10.2. The van der Waals surface area contributed by atoms with Crippen LogP contribution < -0.4 is 11.1 Å². The molecule has 0 saturated heterocycles. The van der Waals surface area contributed by atoms with Gasteiger partial charge in [-0.05, 0) is 5.56 Å². The molecular formula is C14H19N5O2. The highest BCUT2D eigenvalue weighted by atomic mass is 16.5. The van der Waals surface area contributed by atoms with Crippen LogP contribution in [0, 0.1) is 0 Å². The first-order valence-corrected chi connectivity index (χ1v) is 6.64. The number of carbonyl (C=O) groups excluding carboxylic acids is 1. The summed E-state index contributed by atoms with van der Waals surface area (Å²) in [5.41, 5.74) is 7.65. The van der Waals surface area contributed by atoms with E-state index in [0.717, 1.165) is 5.56 Å². The minimum absolute atomic E-state index is 0.0829. The number of hydrogen-bond acceptors (Lipinski definition) is 5. The van der Waals surface area contributed by atoms with Crippen molar-refractivity contribution in [2.75, 3.05) is 13.7 Å². The third-order valence-corrected chi connectivity index (χ3v) is 3.00. The number of hydrogen-bond donors (Lipinski definition) is 2. The van der Waals surface area contributed by atoms with Crippen molar-refractivity contribution in [3.63, 3.8) is 0 Å². The standard InChI is InChI=1S/C14H19N5O2/c1-21-10-12(15)13-8-17-18-19(13)9-14(20)16-7-11-5-3-2-4-6-11/h2-6,8,12H,7,9-10,15H2,1H3,(H,16,20)/t12-/m0/s1. The summed E-state index contributed by atoms with van der Waals surface area (Å²) >= 11 is 0. The lowest BCUT2D eigenvalue weighted by atomic mass is 10.2. The SMILES string of the molecule is COC[C@H](N)c1cnnn1CC(=O)NCc1ccccc1. The Morgan fingerprint density at radius 1 is 1.43 bits per heavy atom. The van der Waals surface area contributed by atoms with Crippen LogP contribution >= 0.6 is 0 Å². The Morgan fingerprint density at radius 3 is 2.90 bits per heavy atom. The van der Waals surface area contributed by atoms with Gasteiger partial charge in [0.15, 0.2) is 0 Å². The molecule has 0 aliphatic rings. The number of nitrogens with one attached hydrogen (secondary N) is 1. The van der Waals surface area contributed by atoms with Crippen LogP contribution in [0.4, 0.5) is 0 Å². The number of ether oxygens (including phenoxy) is 1. The molecule has 1 aromatic heterocycles. The summed E-state index contributed by atoms with van der Waals surface area (Å²) in [6.45, 7) is 0.909. The van der Waals surface area contributed by atoms with Crippen molar-refractivity contribution in [1.82, 2.24) is 20.3 Å². The van der Waals surface area contributed by atoms with Crippen molar-refractivity contribution >= 4 is 5.91 Å². The maximum atomic E-state index is 11.9. The van der Waals surface area contributed by atoms with E-state index in [1.54, 1.807) is 13.3 Å². The zero-order valence-electron chi connectivity index (χ0n) is 11.9. The molecule has 0 saturated carbocycles. The van der Waals surface area contributed by atoms with Gasteiger partial charge in [0.2, 0.25) is 5.91 Å². The summed E-state index contributed by atoms with van der Waals surface area (Å²) in [4.78, 5) is 11.9. The Hall–Kier alpha value is -2.25. The smallest absolute Gasteiger partial charge is 0.242 e. The van der Waals surface area contributed by atoms with Crippen molar-refractivity contribution in [3.05, 3.63) is 47.8 Å². The molecule has 0 spiro atoms. The number of methoxy groups -OCH3 is 1. The number of nitrogens with two attached hydrogens (primary N) is 1. The lowest BCUT2D eigenvalue weighted by molar-refractivity contribution is -0.122. The lowest BCUT2D eigenvalue weighted by Gasteiger charge is -2.12. The normalized spacial score (nSPS) is 12.1. The molecule has 0 fully saturated rings. The quantitative estimate of drug-likeness (QED) is 0.761. The zero-order valence-corrected chi connectivity index (χ0v) is 11.9. The van der Waals surface area contributed by atoms with Crippen LogP contribution in [0.1, 0.15) is 17.3 Å². The summed E-state index contributed by atoms with van der Waals surface area (Å²) in [5.74, 6) is -0.143. The van der Waals surface area contributed by atoms with E-state index in [9.17, 15) is 4.79 Å². The second-order valence-corrected chi connectivity index (χ2v) is 4.64. The summed E-state index contributed by atoms with van der Waals surface area (Å²) in [6, 6.07) is 9.35. The van der Waals surface area contributed by atoms with Crippen LogP contribution in [0.25, 0.3) is 0 Å². The molecule has 2 aromatic rings. The van der Waals surface area contributed by atoms with E-state index in [1.807, 2.05) is 30.3 Å². The topological polar surface area (TPSA) is 95.1 Å². The van der Waals surface area contributed by atoms with Gasteiger partial charge < -0.3 is 15.8 Å². The third-order valence-electron chi connectivity index (χ3n) is 3.00. The van der Waals surface area contributed by atoms with E-state index in [4.69, 9.17) is 10.5 Å². The maximum Gasteiger partial charge on any atom is 0.242 e. The van der Waals surface area contributed by atoms with Crippen LogP contribution in [-0.4, -0.2) is 34.6 Å². The Bertz CT molecular complexity index is 570. The minimum Gasteiger partial charge on any atom is -0.383 e. The summed E-state index contributed by atoms with van der Waals surface area (Å²) in [5, 5.41) is 10.5. The second kappa shape index (κ2) is 7.51. The van der Waals surface area contributed by atoms with E-state index in [-0.39, 0.29) is 18.5 Å². The van der Waals surface area contributed by atoms with Gasteiger partial charge >= 0.3 is 0 Å². The van der Waals surface area contributed by atoms with Gasteiger partial charge in [0.05, 0.1) is 24.5 Å². The molecule has 0 aliphatic carbocycles. The van der Waals surface area contributed by atoms with Crippen molar-refractivity contribution in [2.45, 2.75) is 19.1 Å². The van der Waals surface area contributed by atoms with Gasteiger partial charge in [-0.3, -0.25) is 4.79 Å². The molecule has 1 amide bonds. The number of amides is 1. The molecular weight excluding hydrogens is 270 g/mol. The van der Waals surface area contributed by atoms with Gasteiger partial charge in [-0.2, -0.15) is 0 Å². The highest BCUT2D eigenvalue weighted by Gasteiger charge is 2.14. The fraction of sp³-hybridized carbons (Fsp3) is 0.357. The Labute approximate surface area is 123 Å². The van der Waals surface area contributed by atoms with Crippen LogP contribution in [0.3, 0.4) is 0 Å². The van der Waals surface area contributed by atoms with E-state index >= 15 is 0 Å². The lowest BCUT2D eigenvalue weighted by Crippen LogP contribution is -2.30. The van der Waals surface area contributed by atoms with Crippen LogP contribution in [-0.2, 0) is 22.6 Å². The molecule has 2 rings (SSSR count). The number of nitrogens with zero attached hydrogens (tertiary/aromatic N) is 3. The monoisotopic (exact) mass is 289 g/mol. The average Bonchev–Trinajstić information content (AvgIpc) is 2.95. The van der Waals surface area contributed by atoms with Crippen molar-refractivity contribution in [1.29, 1.82) is 0 Å². The molecule has 21 heavy (non-hydrogen) atoms. The first-order valence-electron chi connectivity index (χ1n) is 6.64. The molecule has 112 valence electrons. The van der Waals surface area contributed by atoms with Gasteiger partial charge in [0, 0.05) is 13.7 Å². The molecule has 0 bridgehead atoms. The first kappa shape index (κ1) is 15.1. The molecule has 0 aliphatic heterocycles. The fourth-order valence-corrected chi connectivity index (χ4v) is 1.93. The molecule has 7 nitrogen and oxygen atoms in total. The highest BCUT2D eigenvalue weighted by molar-refractivity contribution is 5.75. The van der Waals surface area contributed by atoms with Gasteiger partial charge in [-0.1, -0.05) is 35.5 Å². The largest absolute Gasteiger partial charge is 0.383 e. The minimum atomic E-state index is -0.355. The molecule has 0 unspecified atom stereocenters. The maximum absolute atomic E-state index is 11.9. The molecule has 0 radical (unpaired) electrons. The molecule has 1 atom stereocenters. The van der Waals surface area contributed by atoms with Crippen LogP contribution in [0.5, 0.6) is 0 Å². The molecule has 7 heteroatoms. The molecule has 1 heterocycles.